The van der Waals surface area contributed by atoms with Crippen LogP contribution in [0.1, 0.15) is 25.0 Å². The topological polar surface area (TPSA) is 38.1 Å². The highest BCUT2D eigenvalue weighted by Crippen LogP contribution is 2.03. The highest BCUT2D eigenvalue weighted by Gasteiger charge is 2.00. The van der Waals surface area contributed by atoms with Gasteiger partial charge in [-0.3, -0.25) is 4.39 Å². The number of alkyl halides is 1. The Morgan fingerprint density at radius 1 is 1.62 bits per heavy atom. The Hall–Kier alpha value is -0.900. The quantitative estimate of drug-likeness (QED) is 0.687. The highest BCUT2D eigenvalue weighted by atomic mass is 19.1. The number of nitrogens with one attached hydrogen (secondary N) is 1. The zero-order valence-corrected chi connectivity index (χ0v) is 7.85. The van der Waals surface area contributed by atoms with E-state index < -0.39 is 0 Å². The number of nitrogens with zero attached hydrogens (tertiary/aromatic N) is 1. The van der Waals surface area contributed by atoms with E-state index in [9.17, 15) is 4.39 Å². The molecule has 74 valence electrons. The summed E-state index contributed by atoms with van der Waals surface area (Å²) in [6, 6.07) is 0. The van der Waals surface area contributed by atoms with E-state index >= 15 is 0 Å². The molecule has 0 aliphatic rings. The second kappa shape index (κ2) is 5.70. The van der Waals surface area contributed by atoms with Gasteiger partial charge in [0, 0.05) is 6.42 Å². The summed E-state index contributed by atoms with van der Waals surface area (Å²) in [5, 5.41) is 3.04. The maximum atomic E-state index is 11.7. The van der Waals surface area contributed by atoms with Crippen molar-refractivity contribution >= 4 is 0 Å². The van der Waals surface area contributed by atoms with Crippen LogP contribution < -0.4 is 5.32 Å². The van der Waals surface area contributed by atoms with Gasteiger partial charge in [-0.1, -0.05) is 6.92 Å². The Balaban J connectivity index is 2.20. The maximum absolute atomic E-state index is 11.7. The van der Waals surface area contributed by atoms with Crippen molar-refractivity contribution in [3.8, 4) is 0 Å². The van der Waals surface area contributed by atoms with E-state index in [1.54, 1.807) is 6.20 Å². The molecule has 1 aromatic heterocycles. The second-order valence-corrected chi connectivity index (χ2v) is 2.79. The van der Waals surface area contributed by atoms with Crippen LogP contribution in [0.25, 0.3) is 0 Å². The number of hydrogen-bond acceptors (Lipinski definition) is 3. The van der Waals surface area contributed by atoms with Crippen LogP contribution in [0.15, 0.2) is 10.6 Å². The van der Waals surface area contributed by atoms with Gasteiger partial charge in [0.1, 0.15) is 5.76 Å². The van der Waals surface area contributed by atoms with Crippen LogP contribution in [0.3, 0.4) is 0 Å². The van der Waals surface area contributed by atoms with Crippen LogP contribution >= 0.6 is 0 Å². The third-order valence-corrected chi connectivity index (χ3v) is 1.71. The van der Waals surface area contributed by atoms with Gasteiger partial charge in [-0.15, -0.1) is 0 Å². The van der Waals surface area contributed by atoms with Gasteiger partial charge < -0.3 is 9.73 Å². The molecule has 0 atom stereocenters. The first-order valence-corrected chi connectivity index (χ1v) is 4.57. The minimum atomic E-state index is -0.279. The Morgan fingerprint density at radius 2 is 2.46 bits per heavy atom. The summed E-state index contributed by atoms with van der Waals surface area (Å²) in [4.78, 5) is 4.06. The summed E-state index contributed by atoms with van der Waals surface area (Å²) in [5.74, 6) is 1.57. The Morgan fingerprint density at radius 3 is 3.08 bits per heavy atom. The minimum absolute atomic E-state index is 0.279. The third-order valence-electron chi connectivity index (χ3n) is 1.71. The Kier molecular flexibility index (Phi) is 4.46. The normalized spacial score (nSPS) is 10.6. The van der Waals surface area contributed by atoms with Crippen molar-refractivity contribution in [1.29, 1.82) is 0 Å². The van der Waals surface area contributed by atoms with E-state index in [0.29, 0.717) is 25.4 Å². The Bertz CT molecular complexity index is 237. The van der Waals surface area contributed by atoms with Crippen molar-refractivity contribution in [2.75, 3.05) is 13.2 Å². The molecule has 0 saturated heterocycles. The first-order valence-electron chi connectivity index (χ1n) is 4.57. The minimum Gasteiger partial charge on any atom is -0.444 e. The molecule has 1 aromatic rings. The zero-order chi connectivity index (χ0) is 9.52. The molecule has 13 heavy (non-hydrogen) atoms. The number of halogens is 1. The first kappa shape index (κ1) is 10.2. The predicted molar refractivity (Wildman–Crippen MR) is 48.2 cm³/mol. The van der Waals surface area contributed by atoms with Crippen LogP contribution in [-0.4, -0.2) is 18.2 Å². The van der Waals surface area contributed by atoms with E-state index in [4.69, 9.17) is 4.42 Å². The van der Waals surface area contributed by atoms with Gasteiger partial charge in [0.25, 0.3) is 0 Å². The largest absolute Gasteiger partial charge is 0.444 e. The Labute approximate surface area is 77.4 Å². The first-order chi connectivity index (χ1) is 6.36. The van der Waals surface area contributed by atoms with E-state index in [0.717, 1.165) is 12.2 Å². The summed E-state index contributed by atoms with van der Waals surface area (Å²) in [5.41, 5.74) is 0. The molecule has 3 nitrogen and oxygen atoms in total. The summed E-state index contributed by atoms with van der Waals surface area (Å²) >= 11 is 0. The lowest BCUT2D eigenvalue weighted by atomic mass is 10.4. The van der Waals surface area contributed by atoms with Crippen molar-refractivity contribution < 1.29 is 8.81 Å². The summed E-state index contributed by atoms with van der Waals surface area (Å²) in [6.07, 6.45) is 3.13. The highest BCUT2D eigenvalue weighted by molar-refractivity contribution is 4.93. The lowest BCUT2D eigenvalue weighted by Crippen LogP contribution is -2.15. The van der Waals surface area contributed by atoms with E-state index in [1.807, 2.05) is 6.92 Å². The molecule has 0 aliphatic heterocycles. The number of rotatable bonds is 6. The lowest BCUT2D eigenvalue weighted by molar-refractivity contribution is 0.422. The molecule has 0 aliphatic carbocycles. The van der Waals surface area contributed by atoms with Crippen molar-refractivity contribution in [2.24, 2.45) is 0 Å². The SMILES string of the molecule is CCc1cnc(CNCCCF)o1. The summed E-state index contributed by atoms with van der Waals surface area (Å²) < 4.78 is 17.0. The average Bonchev–Trinajstić information content (AvgIpc) is 2.60. The van der Waals surface area contributed by atoms with Crippen LogP contribution in [-0.2, 0) is 13.0 Å². The molecule has 1 heterocycles. The lowest BCUT2D eigenvalue weighted by Gasteiger charge is -1.98. The molecule has 0 unspecified atom stereocenters. The second-order valence-electron chi connectivity index (χ2n) is 2.79. The van der Waals surface area contributed by atoms with Gasteiger partial charge in [-0.05, 0) is 13.0 Å². The van der Waals surface area contributed by atoms with Crippen molar-refractivity contribution in [3.05, 3.63) is 17.8 Å². The monoisotopic (exact) mass is 186 g/mol. The van der Waals surface area contributed by atoms with Crippen molar-refractivity contribution in [3.63, 3.8) is 0 Å². The van der Waals surface area contributed by atoms with E-state index in [-0.39, 0.29) is 6.67 Å². The maximum Gasteiger partial charge on any atom is 0.208 e. The van der Waals surface area contributed by atoms with Crippen LogP contribution in [0.4, 0.5) is 4.39 Å². The standard InChI is InChI=1S/C9H15FN2O/c1-2-8-6-12-9(13-8)7-11-5-3-4-10/h6,11H,2-5,7H2,1H3. The fourth-order valence-corrected chi connectivity index (χ4v) is 0.980. The molecule has 4 heteroatoms. The van der Waals surface area contributed by atoms with Crippen LogP contribution in [0, 0.1) is 0 Å². The molecular weight excluding hydrogens is 171 g/mol. The number of oxazole rings is 1. The van der Waals surface area contributed by atoms with Crippen molar-refractivity contribution in [2.45, 2.75) is 26.3 Å². The van der Waals surface area contributed by atoms with Gasteiger partial charge >= 0.3 is 0 Å². The summed E-state index contributed by atoms with van der Waals surface area (Å²) in [6.45, 7) is 2.99. The molecule has 1 N–H and O–H groups in total. The molecule has 0 saturated carbocycles. The smallest absolute Gasteiger partial charge is 0.208 e. The molecule has 0 bridgehead atoms. The average molecular weight is 186 g/mol. The summed E-state index contributed by atoms with van der Waals surface area (Å²) in [7, 11) is 0. The van der Waals surface area contributed by atoms with Crippen LogP contribution in [0.2, 0.25) is 0 Å². The van der Waals surface area contributed by atoms with Gasteiger partial charge in [0.2, 0.25) is 5.89 Å². The van der Waals surface area contributed by atoms with Gasteiger partial charge in [-0.25, -0.2) is 4.98 Å². The van der Waals surface area contributed by atoms with Gasteiger partial charge in [-0.2, -0.15) is 0 Å². The van der Waals surface area contributed by atoms with Crippen LogP contribution in [0.5, 0.6) is 0 Å². The molecule has 0 aromatic carbocycles. The van der Waals surface area contributed by atoms with E-state index in [1.165, 1.54) is 0 Å². The predicted octanol–water partition coefficient (Wildman–Crippen LogP) is 1.69. The molecule has 0 spiro atoms. The van der Waals surface area contributed by atoms with Gasteiger partial charge in [0.05, 0.1) is 19.4 Å². The number of hydrogen-bond donors (Lipinski definition) is 1. The molecule has 0 radical (unpaired) electrons. The van der Waals surface area contributed by atoms with E-state index in [2.05, 4.69) is 10.3 Å². The fourth-order valence-electron chi connectivity index (χ4n) is 0.980. The molecule has 0 fully saturated rings. The molecular formula is C9H15FN2O. The third kappa shape index (κ3) is 3.55. The number of aryl methyl sites for hydroxylation is 1. The molecule has 0 amide bonds. The van der Waals surface area contributed by atoms with Crippen molar-refractivity contribution in [1.82, 2.24) is 10.3 Å². The van der Waals surface area contributed by atoms with Gasteiger partial charge in [0.15, 0.2) is 0 Å². The molecule has 1 rings (SSSR count). The fraction of sp³-hybridized carbons (Fsp3) is 0.667. The number of aromatic nitrogens is 1. The zero-order valence-electron chi connectivity index (χ0n) is 7.85.